The fraction of sp³-hybridized carbons (Fsp3) is 1.00. The van der Waals surface area contributed by atoms with Crippen molar-refractivity contribution in [2.24, 2.45) is 0 Å². The summed E-state index contributed by atoms with van der Waals surface area (Å²) in [5, 5.41) is 2.29. The van der Waals surface area contributed by atoms with Crippen molar-refractivity contribution in [3.05, 3.63) is 0 Å². The molecule has 2 atom stereocenters. The highest BCUT2D eigenvalue weighted by Crippen LogP contribution is 2.19. The highest BCUT2D eigenvalue weighted by Gasteiger charge is 2.32. The Morgan fingerprint density at radius 3 is 2.85 bits per heavy atom. The molecule has 1 fully saturated rings. The molecule has 0 aromatic carbocycles. The molecular formula is C9H19IN2O. The second-order valence-corrected chi connectivity index (χ2v) is 4.18. The van der Waals surface area contributed by atoms with Crippen LogP contribution in [-0.2, 0) is 4.74 Å². The monoisotopic (exact) mass is 298 g/mol. The summed E-state index contributed by atoms with van der Waals surface area (Å²) in [6, 6.07) is 0.553. The van der Waals surface area contributed by atoms with Crippen LogP contribution in [0.1, 0.15) is 26.7 Å². The number of hydrazine groups is 1. The van der Waals surface area contributed by atoms with Crippen molar-refractivity contribution in [2.75, 3.05) is 17.6 Å². The van der Waals surface area contributed by atoms with E-state index in [0.717, 1.165) is 24.0 Å². The van der Waals surface area contributed by atoms with Gasteiger partial charge in [0.2, 0.25) is 0 Å². The molecule has 0 aromatic heterocycles. The summed E-state index contributed by atoms with van der Waals surface area (Å²) >= 11 is 2.42. The molecular weight excluding hydrogens is 279 g/mol. The van der Waals surface area contributed by atoms with Gasteiger partial charge in [-0.2, -0.15) is 0 Å². The zero-order valence-corrected chi connectivity index (χ0v) is 10.6. The Balaban J connectivity index is 2.45. The molecule has 13 heavy (non-hydrogen) atoms. The van der Waals surface area contributed by atoms with E-state index in [1.54, 1.807) is 0 Å². The zero-order valence-electron chi connectivity index (χ0n) is 8.42. The van der Waals surface area contributed by atoms with Crippen LogP contribution in [0.4, 0.5) is 0 Å². The summed E-state index contributed by atoms with van der Waals surface area (Å²) in [5.74, 6) is 0. The van der Waals surface area contributed by atoms with Crippen molar-refractivity contribution in [3.8, 4) is 0 Å². The summed E-state index contributed by atoms with van der Waals surface area (Å²) < 4.78 is 6.85. The van der Waals surface area contributed by atoms with E-state index >= 15 is 0 Å². The molecule has 1 saturated heterocycles. The van der Waals surface area contributed by atoms with Crippen LogP contribution in [-0.4, -0.2) is 34.9 Å². The van der Waals surface area contributed by atoms with Crippen molar-refractivity contribution < 1.29 is 4.74 Å². The van der Waals surface area contributed by atoms with Gasteiger partial charge in [0, 0.05) is 11.0 Å². The highest BCUT2D eigenvalue weighted by molar-refractivity contribution is 14.1. The summed E-state index contributed by atoms with van der Waals surface area (Å²) in [6.07, 6.45) is 2.60. The van der Waals surface area contributed by atoms with Gasteiger partial charge >= 0.3 is 0 Å². The Labute approximate surface area is 94.3 Å². The van der Waals surface area contributed by atoms with Crippen LogP contribution in [0, 0.1) is 0 Å². The summed E-state index contributed by atoms with van der Waals surface area (Å²) in [7, 11) is 0. The van der Waals surface area contributed by atoms with Gasteiger partial charge in [-0.25, -0.2) is 5.01 Å². The normalized spacial score (nSPS) is 29.8. The topological polar surface area (TPSA) is 24.5 Å². The van der Waals surface area contributed by atoms with E-state index in [0.29, 0.717) is 12.3 Å². The quantitative estimate of drug-likeness (QED) is 0.618. The summed E-state index contributed by atoms with van der Waals surface area (Å²) in [6.45, 7) is 6.19. The van der Waals surface area contributed by atoms with Gasteiger partial charge < -0.3 is 4.74 Å². The third-order valence-electron chi connectivity index (χ3n) is 2.24. The van der Waals surface area contributed by atoms with Gasteiger partial charge in [-0.3, -0.25) is 5.43 Å². The maximum Gasteiger partial charge on any atom is 0.123 e. The standard InChI is InChI=1S/C9H19IN2O/c1-3-5-9-12(11-4-2)8(6-10)7-13-9/h8-9,11H,3-7H2,1-2H3. The van der Waals surface area contributed by atoms with Gasteiger partial charge in [0.25, 0.3) is 0 Å². The lowest BCUT2D eigenvalue weighted by molar-refractivity contribution is -0.00280. The molecule has 0 bridgehead atoms. The molecule has 1 rings (SSSR count). The van der Waals surface area contributed by atoms with Gasteiger partial charge in [0.1, 0.15) is 6.23 Å². The molecule has 3 nitrogen and oxygen atoms in total. The Morgan fingerprint density at radius 2 is 2.31 bits per heavy atom. The molecule has 1 aliphatic rings. The average molecular weight is 298 g/mol. The lowest BCUT2D eigenvalue weighted by Crippen LogP contribution is -2.47. The second-order valence-electron chi connectivity index (χ2n) is 3.30. The smallest absolute Gasteiger partial charge is 0.123 e. The van der Waals surface area contributed by atoms with Crippen molar-refractivity contribution in [1.82, 2.24) is 10.4 Å². The number of ether oxygens (including phenoxy) is 1. The molecule has 0 radical (unpaired) electrons. The fourth-order valence-electron chi connectivity index (χ4n) is 1.62. The molecule has 1 N–H and O–H groups in total. The van der Waals surface area contributed by atoms with Crippen LogP contribution in [0.5, 0.6) is 0 Å². The minimum Gasteiger partial charge on any atom is -0.360 e. The number of nitrogens with zero attached hydrogens (tertiary/aromatic N) is 1. The SMILES string of the molecule is CCCC1OCC(CI)N1NCC. The number of hydrogen-bond donors (Lipinski definition) is 1. The first-order chi connectivity index (χ1) is 6.33. The predicted octanol–water partition coefficient (Wildman–Crippen LogP) is 1.77. The van der Waals surface area contributed by atoms with Gasteiger partial charge in [0.15, 0.2) is 0 Å². The van der Waals surface area contributed by atoms with E-state index in [9.17, 15) is 0 Å². The first kappa shape index (κ1) is 11.7. The molecule has 0 aromatic rings. The molecule has 1 heterocycles. The van der Waals surface area contributed by atoms with Crippen LogP contribution in [0.2, 0.25) is 0 Å². The molecule has 4 heteroatoms. The minimum atomic E-state index is 0.296. The lowest BCUT2D eigenvalue weighted by atomic mass is 10.3. The minimum absolute atomic E-state index is 0.296. The van der Waals surface area contributed by atoms with E-state index < -0.39 is 0 Å². The lowest BCUT2D eigenvalue weighted by Gasteiger charge is -2.26. The van der Waals surface area contributed by atoms with E-state index in [-0.39, 0.29) is 0 Å². The van der Waals surface area contributed by atoms with E-state index in [2.05, 4.69) is 46.9 Å². The Kier molecular flexibility index (Phi) is 5.54. The number of alkyl halides is 1. The number of halogens is 1. The number of nitrogens with one attached hydrogen (secondary N) is 1. The Bertz CT molecular complexity index is 146. The van der Waals surface area contributed by atoms with Crippen molar-refractivity contribution in [3.63, 3.8) is 0 Å². The summed E-state index contributed by atoms with van der Waals surface area (Å²) in [5.41, 5.74) is 3.38. The van der Waals surface area contributed by atoms with Gasteiger partial charge in [-0.1, -0.05) is 42.9 Å². The van der Waals surface area contributed by atoms with E-state index in [4.69, 9.17) is 4.74 Å². The van der Waals surface area contributed by atoms with E-state index in [1.807, 2.05) is 0 Å². The van der Waals surface area contributed by atoms with Crippen LogP contribution >= 0.6 is 22.6 Å². The number of rotatable bonds is 5. The predicted molar refractivity (Wildman–Crippen MR) is 62.8 cm³/mol. The molecule has 0 saturated carbocycles. The Morgan fingerprint density at radius 1 is 1.54 bits per heavy atom. The fourth-order valence-corrected chi connectivity index (χ4v) is 2.30. The van der Waals surface area contributed by atoms with Gasteiger partial charge in [0.05, 0.1) is 12.6 Å². The van der Waals surface area contributed by atoms with Crippen molar-refractivity contribution in [1.29, 1.82) is 0 Å². The molecule has 78 valence electrons. The van der Waals surface area contributed by atoms with Crippen LogP contribution in [0.15, 0.2) is 0 Å². The average Bonchev–Trinajstić information content (AvgIpc) is 2.50. The third kappa shape index (κ3) is 3.04. The first-order valence-corrected chi connectivity index (χ1v) is 6.55. The maximum atomic E-state index is 5.72. The molecule has 0 amide bonds. The van der Waals surface area contributed by atoms with Crippen LogP contribution < -0.4 is 5.43 Å². The van der Waals surface area contributed by atoms with Gasteiger partial charge in [-0.15, -0.1) is 0 Å². The molecule has 1 aliphatic heterocycles. The number of hydrogen-bond acceptors (Lipinski definition) is 3. The summed E-state index contributed by atoms with van der Waals surface area (Å²) in [4.78, 5) is 0. The molecule has 2 unspecified atom stereocenters. The van der Waals surface area contributed by atoms with E-state index in [1.165, 1.54) is 6.42 Å². The zero-order chi connectivity index (χ0) is 9.68. The molecule has 0 spiro atoms. The van der Waals surface area contributed by atoms with Crippen molar-refractivity contribution >= 4 is 22.6 Å². The third-order valence-corrected chi connectivity index (χ3v) is 3.26. The largest absolute Gasteiger partial charge is 0.360 e. The molecule has 0 aliphatic carbocycles. The maximum absolute atomic E-state index is 5.72. The second kappa shape index (κ2) is 6.16. The van der Waals surface area contributed by atoms with Crippen LogP contribution in [0.3, 0.4) is 0 Å². The first-order valence-electron chi connectivity index (χ1n) is 5.02. The van der Waals surface area contributed by atoms with Crippen LogP contribution in [0.25, 0.3) is 0 Å². The highest BCUT2D eigenvalue weighted by atomic mass is 127. The Hall–Kier alpha value is 0.610. The van der Waals surface area contributed by atoms with Crippen molar-refractivity contribution in [2.45, 2.75) is 39.0 Å². The van der Waals surface area contributed by atoms with Gasteiger partial charge in [-0.05, 0) is 6.42 Å².